The molecule has 1 aliphatic heterocycles. The molecule has 0 unspecified atom stereocenters. The maximum absolute atomic E-state index is 12.7. The van der Waals surface area contributed by atoms with E-state index in [0.29, 0.717) is 29.4 Å². The topological polar surface area (TPSA) is 44.8 Å². The minimum Gasteiger partial charge on any atom is -0.497 e. The molecule has 0 saturated carbocycles. The maximum Gasteiger partial charge on any atom is 0.231 e. The molecule has 0 aromatic heterocycles. The van der Waals surface area contributed by atoms with Gasteiger partial charge in [-0.2, -0.15) is 0 Å². The normalized spacial score (nSPS) is 13.9. The van der Waals surface area contributed by atoms with Crippen LogP contribution < -0.4 is 14.2 Å². The molecule has 0 bridgehead atoms. The average molecular weight is 386 g/mol. The highest BCUT2D eigenvalue weighted by Crippen LogP contribution is 2.39. The van der Waals surface area contributed by atoms with Crippen LogP contribution in [0.5, 0.6) is 17.2 Å². The third kappa shape index (κ3) is 3.87. The van der Waals surface area contributed by atoms with E-state index in [1.165, 1.54) is 5.56 Å². The maximum atomic E-state index is 12.7. The molecule has 0 spiro atoms. The molecule has 4 rings (SSSR count). The number of ketones is 1. The van der Waals surface area contributed by atoms with Crippen LogP contribution in [0.4, 0.5) is 0 Å². The van der Waals surface area contributed by atoms with Crippen LogP contribution in [0, 0.1) is 13.8 Å². The summed E-state index contributed by atoms with van der Waals surface area (Å²) in [6.07, 6.45) is 1.78. The van der Waals surface area contributed by atoms with Gasteiger partial charge in [-0.15, -0.1) is 0 Å². The summed E-state index contributed by atoms with van der Waals surface area (Å²) in [5.74, 6) is 2.30. The lowest BCUT2D eigenvalue weighted by molar-refractivity contribution is 0.101. The van der Waals surface area contributed by atoms with Gasteiger partial charge in [-0.1, -0.05) is 42.0 Å². The lowest BCUT2D eigenvalue weighted by Gasteiger charge is -2.12. The monoisotopic (exact) mass is 386 g/mol. The number of allylic oxidation sites excluding steroid dienone is 1. The fraction of sp³-hybridized carbons (Fsp3) is 0.160. The zero-order valence-electron chi connectivity index (χ0n) is 16.7. The molecule has 3 aromatic rings. The quantitative estimate of drug-likeness (QED) is 0.543. The van der Waals surface area contributed by atoms with E-state index in [1.54, 1.807) is 19.3 Å². The summed E-state index contributed by atoms with van der Waals surface area (Å²) in [6.45, 7) is 4.36. The molecule has 4 nitrogen and oxygen atoms in total. The first-order chi connectivity index (χ1) is 14.0. The number of methoxy groups -OCH3 is 1. The molecule has 0 amide bonds. The SMILES string of the molecule is COc1ccc(COc2ccc3c(c2C)O/C(=C\c2ccc(C)cc2)C3=O)cc1. The van der Waals surface area contributed by atoms with Crippen LogP contribution in [0.1, 0.15) is 32.6 Å². The van der Waals surface area contributed by atoms with Crippen molar-refractivity contribution in [1.29, 1.82) is 0 Å². The average Bonchev–Trinajstić information content (AvgIpc) is 3.06. The minimum absolute atomic E-state index is 0.106. The number of rotatable bonds is 5. The van der Waals surface area contributed by atoms with Crippen molar-refractivity contribution in [2.45, 2.75) is 20.5 Å². The Morgan fingerprint density at radius 1 is 0.931 bits per heavy atom. The van der Waals surface area contributed by atoms with Crippen LogP contribution in [0.15, 0.2) is 66.4 Å². The van der Waals surface area contributed by atoms with Crippen LogP contribution in [-0.2, 0) is 6.61 Å². The molecule has 1 heterocycles. The number of aryl methyl sites for hydroxylation is 1. The summed E-state index contributed by atoms with van der Waals surface area (Å²) in [6, 6.07) is 19.3. The van der Waals surface area contributed by atoms with Gasteiger partial charge in [0.05, 0.1) is 12.7 Å². The van der Waals surface area contributed by atoms with Gasteiger partial charge in [-0.05, 0) is 55.3 Å². The van der Waals surface area contributed by atoms with Crippen LogP contribution >= 0.6 is 0 Å². The second-order valence-electron chi connectivity index (χ2n) is 7.05. The standard InChI is InChI=1S/C25H22O4/c1-16-4-6-18(7-5-16)14-23-24(26)21-12-13-22(17(2)25(21)29-23)28-15-19-8-10-20(27-3)11-9-19/h4-14H,15H2,1-3H3/b23-14-. The van der Waals surface area contributed by atoms with Crippen LogP contribution in [0.3, 0.4) is 0 Å². The van der Waals surface area contributed by atoms with Crippen LogP contribution in [-0.4, -0.2) is 12.9 Å². The Labute approximate surface area is 170 Å². The van der Waals surface area contributed by atoms with E-state index >= 15 is 0 Å². The van der Waals surface area contributed by atoms with Gasteiger partial charge in [-0.25, -0.2) is 0 Å². The van der Waals surface area contributed by atoms with Crippen LogP contribution in [0.2, 0.25) is 0 Å². The first-order valence-corrected chi connectivity index (χ1v) is 9.45. The van der Waals surface area contributed by atoms with Crippen molar-refractivity contribution < 1.29 is 19.0 Å². The predicted molar refractivity (Wildman–Crippen MR) is 113 cm³/mol. The minimum atomic E-state index is -0.106. The number of ether oxygens (including phenoxy) is 3. The Bertz CT molecular complexity index is 1080. The molecule has 0 aliphatic carbocycles. The van der Waals surface area contributed by atoms with Gasteiger partial charge in [0.1, 0.15) is 23.9 Å². The third-order valence-electron chi connectivity index (χ3n) is 4.97. The molecule has 0 atom stereocenters. The lowest BCUT2D eigenvalue weighted by atomic mass is 10.1. The number of hydrogen-bond donors (Lipinski definition) is 0. The highest BCUT2D eigenvalue weighted by Gasteiger charge is 2.30. The first-order valence-electron chi connectivity index (χ1n) is 9.45. The smallest absolute Gasteiger partial charge is 0.231 e. The van der Waals surface area contributed by atoms with E-state index in [4.69, 9.17) is 14.2 Å². The summed E-state index contributed by atoms with van der Waals surface area (Å²) in [5.41, 5.74) is 4.51. The molecule has 0 radical (unpaired) electrons. The van der Waals surface area contributed by atoms with Gasteiger partial charge >= 0.3 is 0 Å². The summed E-state index contributed by atoms with van der Waals surface area (Å²) in [7, 11) is 1.64. The van der Waals surface area contributed by atoms with E-state index in [0.717, 1.165) is 22.4 Å². The Morgan fingerprint density at radius 3 is 2.34 bits per heavy atom. The fourth-order valence-electron chi connectivity index (χ4n) is 3.22. The number of benzene rings is 3. The molecular weight excluding hydrogens is 364 g/mol. The van der Waals surface area contributed by atoms with E-state index in [9.17, 15) is 4.79 Å². The molecule has 4 heteroatoms. The Hall–Kier alpha value is -3.53. The molecule has 3 aromatic carbocycles. The zero-order chi connectivity index (χ0) is 20.4. The number of hydrogen-bond acceptors (Lipinski definition) is 4. The second-order valence-corrected chi connectivity index (χ2v) is 7.05. The van der Waals surface area contributed by atoms with Gasteiger partial charge in [-0.3, -0.25) is 4.79 Å². The van der Waals surface area contributed by atoms with Crippen molar-refractivity contribution in [3.05, 3.63) is 94.2 Å². The number of fused-ring (bicyclic) bond motifs is 1. The van der Waals surface area contributed by atoms with Crippen molar-refractivity contribution in [1.82, 2.24) is 0 Å². The molecule has 0 fully saturated rings. The molecule has 0 N–H and O–H groups in total. The van der Waals surface area contributed by atoms with Gasteiger partial charge in [0.15, 0.2) is 5.76 Å². The first kappa shape index (κ1) is 18.8. The lowest BCUT2D eigenvalue weighted by Crippen LogP contribution is -1.98. The second kappa shape index (κ2) is 7.84. The summed E-state index contributed by atoms with van der Waals surface area (Å²) < 4.78 is 17.1. The van der Waals surface area contributed by atoms with Crippen molar-refractivity contribution in [2.75, 3.05) is 7.11 Å². The molecular formula is C25H22O4. The fourth-order valence-corrected chi connectivity index (χ4v) is 3.22. The van der Waals surface area contributed by atoms with Gasteiger partial charge in [0, 0.05) is 5.56 Å². The van der Waals surface area contributed by atoms with Gasteiger partial charge in [0.2, 0.25) is 5.78 Å². The van der Waals surface area contributed by atoms with Crippen molar-refractivity contribution >= 4 is 11.9 Å². The van der Waals surface area contributed by atoms with Crippen molar-refractivity contribution in [3.8, 4) is 17.2 Å². The predicted octanol–water partition coefficient (Wildman–Crippen LogP) is 5.51. The summed E-state index contributed by atoms with van der Waals surface area (Å²) in [5, 5.41) is 0. The Balaban J connectivity index is 1.53. The third-order valence-corrected chi connectivity index (χ3v) is 4.97. The van der Waals surface area contributed by atoms with E-state index < -0.39 is 0 Å². The molecule has 146 valence electrons. The van der Waals surface area contributed by atoms with Crippen molar-refractivity contribution in [3.63, 3.8) is 0 Å². The summed E-state index contributed by atoms with van der Waals surface area (Å²) in [4.78, 5) is 12.7. The van der Waals surface area contributed by atoms with Crippen LogP contribution in [0.25, 0.3) is 6.08 Å². The molecule has 0 saturated heterocycles. The number of Topliss-reactive ketones (excluding diaryl/α,β-unsaturated/α-hetero) is 1. The molecule has 1 aliphatic rings. The van der Waals surface area contributed by atoms with Gasteiger partial charge in [0.25, 0.3) is 0 Å². The summed E-state index contributed by atoms with van der Waals surface area (Å²) >= 11 is 0. The largest absolute Gasteiger partial charge is 0.497 e. The van der Waals surface area contributed by atoms with E-state index in [2.05, 4.69) is 0 Å². The Morgan fingerprint density at radius 2 is 1.66 bits per heavy atom. The Kier molecular flexibility index (Phi) is 5.09. The highest BCUT2D eigenvalue weighted by molar-refractivity contribution is 6.14. The highest BCUT2D eigenvalue weighted by atomic mass is 16.5. The van der Waals surface area contributed by atoms with Gasteiger partial charge < -0.3 is 14.2 Å². The number of carbonyl (C=O) groups is 1. The number of carbonyl (C=O) groups excluding carboxylic acids is 1. The molecule has 29 heavy (non-hydrogen) atoms. The van der Waals surface area contributed by atoms with E-state index in [1.807, 2.05) is 68.4 Å². The van der Waals surface area contributed by atoms with Crippen molar-refractivity contribution in [2.24, 2.45) is 0 Å². The van der Waals surface area contributed by atoms with E-state index in [-0.39, 0.29) is 5.78 Å². The zero-order valence-corrected chi connectivity index (χ0v) is 16.7.